The number of nitrogens with one attached hydrogen (secondary N) is 2. The monoisotopic (exact) mass is 269 g/mol. The molecule has 5 heteroatoms. The zero-order valence-corrected chi connectivity index (χ0v) is 11.7. The van der Waals surface area contributed by atoms with Crippen molar-refractivity contribution in [3.63, 3.8) is 0 Å². The van der Waals surface area contributed by atoms with Crippen molar-refractivity contribution in [2.45, 2.75) is 33.6 Å². The van der Waals surface area contributed by atoms with Gasteiger partial charge in [0.05, 0.1) is 0 Å². The fourth-order valence-corrected chi connectivity index (χ4v) is 2.10. The highest BCUT2D eigenvalue weighted by Crippen LogP contribution is 2.51. The van der Waals surface area contributed by atoms with Gasteiger partial charge in [0.15, 0.2) is 23.3 Å². The first kappa shape index (κ1) is 14.0. The molecule has 1 fully saturated rings. The number of nitrogens with zero attached hydrogens (tertiary/aromatic N) is 1. The standard InChI is InChI=1S/C14H21F2N3/c1-4-5-17-12-10(15)6-11(16)13(19-12)18-8-9-7-14(9,2)3/h6,9H,4-5,7-8H2,1-3H3,(H2,17,18,19). The Morgan fingerprint density at radius 2 is 1.84 bits per heavy atom. The largest absolute Gasteiger partial charge is 0.368 e. The molecule has 0 aromatic carbocycles. The average Bonchev–Trinajstić information content (AvgIpc) is 2.95. The summed E-state index contributed by atoms with van der Waals surface area (Å²) in [6.45, 7) is 7.63. The minimum Gasteiger partial charge on any atom is -0.368 e. The molecule has 0 saturated heterocycles. The Bertz CT molecular complexity index is 460. The van der Waals surface area contributed by atoms with Gasteiger partial charge >= 0.3 is 0 Å². The molecule has 0 amide bonds. The maximum atomic E-state index is 13.6. The maximum absolute atomic E-state index is 13.6. The average molecular weight is 269 g/mol. The predicted molar refractivity (Wildman–Crippen MR) is 73.3 cm³/mol. The molecule has 2 N–H and O–H groups in total. The predicted octanol–water partition coefficient (Wildman–Crippen LogP) is 3.64. The smallest absolute Gasteiger partial charge is 0.168 e. The Kier molecular flexibility index (Phi) is 3.92. The number of rotatable bonds is 6. The third-order valence-electron chi connectivity index (χ3n) is 3.71. The first-order valence-electron chi connectivity index (χ1n) is 6.78. The number of hydrogen-bond acceptors (Lipinski definition) is 3. The van der Waals surface area contributed by atoms with Gasteiger partial charge in [0.1, 0.15) is 0 Å². The fraction of sp³-hybridized carbons (Fsp3) is 0.643. The minimum absolute atomic E-state index is 0.112. The van der Waals surface area contributed by atoms with Crippen molar-refractivity contribution < 1.29 is 8.78 Å². The second-order valence-electron chi connectivity index (χ2n) is 5.85. The van der Waals surface area contributed by atoms with E-state index in [9.17, 15) is 8.78 Å². The van der Waals surface area contributed by atoms with Gasteiger partial charge in [0.25, 0.3) is 0 Å². The van der Waals surface area contributed by atoms with Crippen molar-refractivity contribution in [3.05, 3.63) is 17.7 Å². The second kappa shape index (κ2) is 5.31. The first-order chi connectivity index (χ1) is 8.94. The van der Waals surface area contributed by atoms with E-state index in [0.717, 1.165) is 18.9 Å². The van der Waals surface area contributed by atoms with Crippen LogP contribution in [0.2, 0.25) is 0 Å². The third-order valence-corrected chi connectivity index (χ3v) is 3.71. The van der Waals surface area contributed by atoms with E-state index >= 15 is 0 Å². The van der Waals surface area contributed by atoms with Crippen LogP contribution in [0, 0.1) is 23.0 Å². The van der Waals surface area contributed by atoms with E-state index < -0.39 is 11.6 Å². The van der Waals surface area contributed by atoms with E-state index in [1.807, 2.05) is 6.92 Å². The van der Waals surface area contributed by atoms with Crippen molar-refractivity contribution in [3.8, 4) is 0 Å². The number of hydrogen-bond donors (Lipinski definition) is 2. The molecule has 1 heterocycles. The van der Waals surface area contributed by atoms with Crippen LogP contribution in [-0.4, -0.2) is 18.1 Å². The van der Waals surface area contributed by atoms with Gasteiger partial charge in [-0.05, 0) is 24.2 Å². The summed E-state index contributed by atoms with van der Waals surface area (Å²) in [6, 6.07) is 0.880. The summed E-state index contributed by atoms with van der Waals surface area (Å²) in [5.74, 6) is -0.518. The lowest BCUT2D eigenvalue weighted by atomic mass is 10.1. The second-order valence-corrected chi connectivity index (χ2v) is 5.85. The molecule has 19 heavy (non-hydrogen) atoms. The molecule has 1 saturated carbocycles. The molecule has 1 unspecified atom stereocenters. The minimum atomic E-state index is -0.650. The molecule has 1 aliphatic carbocycles. The number of anilines is 2. The van der Waals surface area contributed by atoms with Crippen molar-refractivity contribution in [1.82, 2.24) is 4.98 Å². The van der Waals surface area contributed by atoms with Gasteiger partial charge in [-0.25, -0.2) is 13.8 Å². The van der Waals surface area contributed by atoms with Gasteiger partial charge < -0.3 is 10.6 Å². The fourth-order valence-electron chi connectivity index (χ4n) is 2.10. The molecule has 106 valence electrons. The van der Waals surface area contributed by atoms with Crippen LogP contribution in [0.4, 0.5) is 20.4 Å². The van der Waals surface area contributed by atoms with Crippen LogP contribution in [-0.2, 0) is 0 Å². The summed E-state index contributed by atoms with van der Waals surface area (Å²) in [7, 11) is 0. The van der Waals surface area contributed by atoms with Crippen molar-refractivity contribution >= 4 is 11.6 Å². The van der Waals surface area contributed by atoms with Crippen LogP contribution in [0.15, 0.2) is 6.07 Å². The van der Waals surface area contributed by atoms with Crippen LogP contribution in [0.3, 0.4) is 0 Å². The highest BCUT2D eigenvalue weighted by Gasteiger charge is 2.45. The van der Waals surface area contributed by atoms with Gasteiger partial charge in [-0.2, -0.15) is 0 Å². The molecule has 0 radical (unpaired) electrons. The SMILES string of the molecule is CCCNc1nc(NCC2CC2(C)C)c(F)cc1F. The van der Waals surface area contributed by atoms with Crippen molar-refractivity contribution in [2.24, 2.45) is 11.3 Å². The summed E-state index contributed by atoms with van der Waals surface area (Å²) in [6.07, 6.45) is 1.99. The van der Waals surface area contributed by atoms with Crippen LogP contribution >= 0.6 is 0 Å². The Hall–Kier alpha value is -1.39. The van der Waals surface area contributed by atoms with Gasteiger partial charge in [-0.1, -0.05) is 20.8 Å². The van der Waals surface area contributed by atoms with E-state index in [1.165, 1.54) is 0 Å². The molecule has 1 aromatic heterocycles. The quantitative estimate of drug-likeness (QED) is 0.828. The Balaban J connectivity index is 2.02. The van der Waals surface area contributed by atoms with E-state index in [0.29, 0.717) is 24.4 Å². The van der Waals surface area contributed by atoms with Gasteiger partial charge in [0.2, 0.25) is 0 Å². The lowest BCUT2D eigenvalue weighted by molar-refractivity contribution is 0.563. The number of halogens is 2. The van der Waals surface area contributed by atoms with E-state index in [4.69, 9.17) is 0 Å². The molecule has 1 aromatic rings. The van der Waals surface area contributed by atoms with Crippen LogP contribution in [0.5, 0.6) is 0 Å². The highest BCUT2D eigenvalue weighted by molar-refractivity contribution is 5.47. The Labute approximate surface area is 112 Å². The van der Waals surface area contributed by atoms with Crippen LogP contribution < -0.4 is 10.6 Å². The molecule has 0 spiro atoms. The summed E-state index contributed by atoms with van der Waals surface area (Å²) >= 11 is 0. The van der Waals surface area contributed by atoms with Crippen LogP contribution in [0.1, 0.15) is 33.6 Å². The van der Waals surface area contributed by atoms with Crippen molar-refractivity contribution in [2.75, 3.05) is 23.7 Å². The highest BCUT2D eigenvalue weighted by atomic mass is 19.1. The Morgan fingerprint density at radius 1 is 1.26 bits per heavy atom. The number of pyridine rings is 1. The first-order valence-corrected chi connectivity index (χ1v) is 6.78. The summed E-state index contributed by atoms with van der Waals surface area (Å²) < 4.78 is 27.1. The van der Waals surface area contributed by atoms with Gasteiger partial charge in [-0.15, -0.1) is 0 Å². The van der Waals surface area contributed by atoms with E-state index in [1.54, 1.807) is 0 Å². The van der Waals surface area contributed by atoms with Gasteiger partial charge in [-0.3, -0.25) is 0 Å². The molecule has 1 aliphatic rings. The van der Waals surface area contributed by atoms with Crippen molar-refractivity contribution in [1.29, 1.82) is 0 Å². The molecular weight excluding hydrogens is 248 g/mol. The summed E-state index contributed by atoms with van der Waals surface area (Å²) in [4.78, 5) is 3.98. The molecular formula is C14H21F2N3. The molecule has 0 aliphatic heterocycles. The molecule has 3 nitrogen and oxygen atoms in total. The third kappa shape index (κ3) is 3.33. The normalized spacial score (nSPS) is 20.2. The number of aromatic nitrogens is 1. The molecule has 2 rings (SSSR count). The zero-order chi connectivity index (χ0) is 14.0. The van der Waals surface area contributed by atoms with E-state index in [2.05, 4.69) is 29.5 Å². The lowest BCUT2D eigenvalue weighted by Gasteiger charge is -2.11. The van der Waals surface area contributed by atoms with Gasteiger partial charge in [0, 0.05) is 19.2 Å². The van der Waals surface area contributed by atoms with E-state index in [-0.39, 0.29) is 11.6 Å². The Morgan fingerprint density at radius 3 is 2.37 bits per heavy atom. The summed E-state index contributed by atoms with van der Waals surface area (Å²) in [5.41, 5.74) is 0.326. The topological polar surface area (TPSA) is 37.0 Å². The molecule has 0 bridgehead atoms. The van der Waals surface area contributed by atoms with Crippen LogP contribution in [0.25, 0.3) is 0 Å². The zero-order valence-electron chi connectivity index (χ0n) is 11.7. The molecule has 1 atom stereocenters. The maximum Gasteiger partial charge on any atom is 0.168 e. The summed E-state index contributed by atoms with van der Waals surface area (Å²) in [5, 5.41) is 5.84. The lowest BCUT2D eigenvalue weighted by Crippen LogP contribution is -2.12.